The van der Waals surface area contributed by atoms with Gasteiger partial charge in [-0.3, -0.25) is 0 Å². The molecule has 1 aromatic heterocycles. The van der Waals surface area contributed by atoms with Crippen molar-refractivity contribution < 1.29 is 4.42 Å². The van der Waals surface area contributed by atoms with Gasteiger partial charge in [0, 0.05) is 31.2 Å². The summed E-state index contributed by atoms with van der Waals surface area (Å²) < 4.78 is 5.50. The Hall–Kier alpha value is -1.00. The zero-order valence-corrected chi connectivity index (χ0v) is 12.1. The van der Waals surface area contributed by atoms with Gasteiger partial charge in [0.15, 0.2) is 11.5 Å². The number of aromatic nitrogens is 1. The van der Waals surface area contributed by atoms with E-state index in [0.29, 0.717) is 5.89 Å². The molecule has 1 N–H and O–H groups in total. The molecule has 0 atom stereocenters. The van der Waals surface area contributed by atoms with Gasteiger partial charge in [-0.1, -0.05) is 19.9 Å². The molecule has 0 saturated heterocycles. The minimum absolute atomic E-state index is 0.0734. The summed E-state index contributed by atoms with van der Waals surface area (Å²) in [5, 5.41) is 3.41. The lowest BCUT2D eigenvalue weighted by atomic mass is 9.84. The van der Waals surface area contributed by atoms with Crippen molar-refractivity contribution in [1.29, 1.82) is 0 Å². The van der Waals surface area contributed by atoms with Crippen LogP contribution in [0.25, 0.3) is 11.1 Å². The first-order valence-corrected chi connectivity index (χ1v) is 6.85. The summed E-state index contributed by atoms with van der Waals surface area (Å²) in [6.07, 6.45) is 0. The molecule has 0 radical (unpaired) electrons. The fourth-order valence-electron chi connectivity index (χ4n) is 2.05. The highest BCUT2D eigenvalue weighted by atomic mass is 32.1. The van der Waals surface area contributed by atoms with Crippen molar-refractivity contribution in [3.8, 4) is 0 Å². The van der Waals surface area contributed by atoms with Gasteiger partial charge in [-0.05, 0) is 17.7 Å². The highest BCUT2D eigenvalue weighted by Crippen LogP contribution is 2.26. The smallest absolute Gasteiger partial charge is 0.192 e. The second kappa shape index (κ2) is 5.33. The average Bonchev–Trinajstić information content (AvgIpc) is 2.68. The van der Waals surface area contributed by atoms with Crippen LogP contribution in [0.1, 0.15) is 25.3 Å². The minimum Gasteiger partial charge on any atom is -0.441 e. The van der Waals surface area contributed by atoms with E-state index in [1.165, 1.54) is 5.56 Å². The molecular weight excluding hydrogens is 244 g/mol. The number of thiol groups is 1. The molecule has 98 valence electrons. The lowest BCUT2D eigenvalue weighted by Gasteiger charge is -2.25. The zero-order chi connectivity index (χ0) is 13.2. The van der Waals surface area contributed by atoms with Gasteiger partial charge in [-0.25, -0.2) is 4.98 Å². The van der Waals surface area contributed by atoms with Crippen LogP contribution in [0.5, 0.6) is 0 Å². The van der Waals surface area contributed by atoms with Crippen molar-refractivity contribution in [3.63, 3.8) is 0 Å². The maximum Gasteiger partial charge on any atom is 0.192 e. The van der Waals surface area contributed by atoms with Crippen LogP contribution in [0.3, 0.4) is 0 Å². The van der Waals surface area contributed by atoms with Gasteiger partial charge in [0.2, 0.25) is 0 Å². The van der Waals surface area contributed by atoms with Crippen molar-refractivity contribution in [1.82, 2.24) is 10.3 Å². The molecule has 0 fully saturated rings. The molecule has 1 aromatic carbocycles. The van der Waals surface area contributed by atoms with Crippen LogP contribution in [-0.2, 0) is 5.41 Å². The SMILES string of the molecule is Cc1nc2cc(C(C)(C)CNCCS)ccc2o1. The molecule has 0 saturated carbocycles. The molecule has 0 bridgehead atoms. The van der Waals surface area contributed by atoms with Crippen LogP contribution in [0.4, 0.5) is 0 Å². The third-order valence-corrected chi connectivity index (χ3v) is 3.36. The summed E-state index contributed by atoms with van der Waals surface area (Å²) in [5.74, 6) is 1.57. The summed E-state index contributed by atoms with van der Waals surface area (Å²) in [5.41, 5.74) is 3.14. The molecule has 0 spiro atoms. The molecule has 0 aliphatic carbocycles. The number of hydrogen-bond donors (Lipinski definition) is 2. The minimum atomic E-state index is 0.0734. The second-order valence-corrected chi connectivity index (χ2v) is 5.65. The Labute approximate surface area is 113 Å². The Morgan fingerprint density at radius 2 is 2.17 bits per heavy atom. The Balaban J connectivity index is 2.23. The molecule has 0 unspecified atom stereocenters. The quantitative estimate of drug-likeness (QED) is 0.644. The Morgan fingerprint density at radius 3 is 2.89 bits per heavy atom. The molecule has 3 nitrogen and oxygen atoms in total. The summed E-state index contributed by atoms with van der Waals surface area (Å²) >= 11 is 4.20. The van der Waals surface area contributed by atoms with Crippen LogP contribution in [0.2, 0.25) is 0 Å². The molecular formula is C14H20N2OS. The first-order valence-electron chi connectivity index (χ1n) is 6.22. The van der Waals surface area contributed by atoms with Crippen LogP contribution in [-0.4, -0.2) is 23.8 Å². The largest absolute Gasteiger partial charge is 0.441 e. The summed E-state index contributed by atoms with van der Waals surface area (Å²) in [6, 6.07) is 6.24. The number of benzene rings is 1. The fourth-order valence-corrected chi connectivity index (χ4v) is 2.20. The van der Waals surface area contributed by atoms with Gasteiger partial charge in [-0.2, -0.15) is 12.6 Å². The Bertz CT molecular complexity index is 534. The Kier molecular flexibility index (Phi) is 3.97. The van der Waals surface area contributed by atoms with Crippen molar-refractivity contribution in [3.05, 3.63) is 29.7 Å². The summed E-state index contributed by atoms with van der Waals surface area (Å²) in [7, 11) is 0. The number of nitrogens with one attached hydrogen (secondary N) is 1. The molecule has 2 rings (SSSR count). The molecule has 2 aromatic rings. The number of oxazole rings is 1. The highest BCUT2D eigenvalue weighted by molar-refractivity contribution is 7.80. The van der Waals surface area contributed by atoms with E-state index in [4.69, 9.17) is 4.42 Å². The standard InChI is InChI=1S/C14H20N2OS/c1-10-16-12-8-11(4-5-13(12)17-10)14(2,3)9-15-6-7-18/h4-5,8,15,18H,6-7,9H2,1-3H3. The normalized spacial score (nSPS) is 12.2. The van der Waals surface area contributed by atoms with E-state index in [0.717, 1.165) is 29.9 Å². The van der Waals surface area contributed by atoms with E-state index in [1.807, 2.05) is 13.0 Å². The summed E-state index contributed by atoms with van der Waals surface area (Å²) in [6.45, 7) is 8.19. The Morgan fingerprint density at radius 1 is 1.39 bits per heavy atom. The lowest BCUT2D eigenvalue weighted by molar-refractivity contribution is 0.479. The average molecular weight is 264 g/mol. The van der Waals surface area contributed by atoms with Crippen molar-refractivity contribution >= 4 is 23.7 Å². The van der Waals surface area contributed by atoms with Crippen LogP contribution in [0.15, 0.2) is 22.6 Å². The van der Waals surface area contributed by atoms with Crippen molar-refractivity contribution in [2.24, 2.45) is 0 Å². The number of rotatable bonds is 5. The first kappa shape index (κ1) is 13.4. The monoisotopic (exact) mass is 264 g/mol. The predicted molar refractivity (Wildman–Crippen MR) is 78.5 cm³/mol. The molecule has 1 heterocycles. The van der Waals surface area contributed by atoms with Crippen LogP contribution >= 0.6 is 12.6 Å². The van der Waals surface area contributed by atoms with Crippen molar-refractivity contribution in [2.75, 3.05) is 18.8 Å². The van der Waals surface area contributed by atoms with E-state index < -0.39 is 0 Å². The van der Waals surface area contributed by atoms with Crippen LogP contribution in [0, 0.1) is 6.92 Å². The maximum absolute atomic E-state index is 5.50. The number of nitrogens with zero attached hydrogens (tertiary/aromatic N) is 1. The summed E-state index contributed by atoms with van der Waals surface area (Å²) in [4.78, 5) is 4.38. The van der Waals surface area contributed by atoms with E-state index >= 15 is 0 Å². The van der Waals surface area contributed by atoms with Crippen LogP contribution < -0.4 is 5.32 Å². The van der Waals surface area contributed by atoms with E-state index in [9.17, 15) is 0 Å². The third-order valence-electron chi connectivity index (χ3n) is 3.13. The van der Waals surface area contributed by atoms with Gasteiger partial charge in [0.1, 0.15) is 5.52 Å². The van der Waals surface area contributed by atoms with Gasteiger partial charge < -0.3 is 9.73 Å². The van der Waals surface area contributed by atoms with Crippen molar-refractivity contribution in [2.45, 2.75) is 26.2 Å². The third kappa shape index (κ3) is 2.87. The maximum atomic E-state index is 5.50. The topological polar surface area (TPSA) is 38.1 Å². The molecule has 18 heavy (non-hydrogen) atoms. The number of hydrogen-bond acceptors (Lipinski definition) is 4. The van der Waals surface area contributed by atoms with Gasteiger partial charge in [0.05, 0.1) is 0 Å². The van der Waals surface area contributed by atoms with Gasteiger partial charge in [-0.15, -0.1) is 0 Å². The van der Waals surface area contributed by atoms with Gasteiger partial charge >= 0.3 is 0 Å². The first-order chi connectivity index (χ1) is 8.53. The van der Waals surface area contributed by atoms with E-state index in [2.05, 4.69) is 48.9 Å². The number of fused-ring (bicyclic) bond motifs is 1. The molecule has 0 aliphatic heterocycles. The second-order valence-electron chi connectivity index (χ2n) is 5.20. The zero-order valence-electron chi connectivity index (χ0n) is 11.2. The molecule has 0 amide bonds. The lowest BCUT2D eigenvalue weighted by Crippen LogP contribution is -2.33. The number of aryl methyl sites for hydroxylation is 1. The van der Waals surface area contributed by atoms with E-state index in [-0.39, 0.29) is 5.41 Å². The van der Waals surface area contributed by atoms with Gasteiger partial charge in [0.25, 0.3) is 0 Å². The van der Waals surface area contributed by atoms with E-state index in [1.54, 1.807) is 0 Å². The molecule has 4 heteroatoms. The fraction of sp³-hybridized carbons (Fsp3) is 0.500. The highest BCUT2D eigenvalue weighted by Gasteiger charge is 2.21. The molecule has 0 aliphatic rings. The predicted octanol–water partition coefficient (Wildman–Crippen LogP) is 2.93.